The summed E-state index contributed by atoms with van der Waals surface area (Å²) in [6.45, 7) is 11.1. The number of aromatic nitrogens is 2. The van der Waals surface area contributed by atoms with Gasteiger partial charge in [0, 0.05) is 32.7 Å². The van der Waals surface area contributed by atoms with E-state index in [1.54, 1.807) is 0 Å². The van der Waals surface area contributed by atoms with Crippen LogP contribution in [0.15, 0.2) is 24.3 Å². The van der Waals surface area contributed by atoms with Gasteiger partial charge in [-0.25, -0.2) is 4.98 Å². The number of imidazole rings is 1. The number of para-hydroxylation sites is 2. The molecule has 0 unspecified atom stereocenters. The highest BCUT2D eigenvalue weighted by Gasteiger charge is 2.21. The molecule has 1 saturated heterocycles. The number of hydrogen-bond donors (Lipinski definition) is 0. The first-order valence-electron chi connectivity index (χ1n) is 7.76. The Balaban J connectivity index is 1.92. The van der Waals surface area contributed by atoms with E-state index in [4.69, 9.17) is 4.98 Å². The van der Waals surface area contributed by atoms with Crippen LogP contribution >= 0.6 is 0 Å². The fourth-order valence-electron chi connectivity index (χ4n) is 3.01. The molecule has 3 rings (SSSR count). The van der Waals surface area contributed by atoms with Crippen LogP contribution < -0.4 is 4.90 Å². The van der Waals surface area contributed by atoms with Crippen molar-refractivity contribution in [1.82, 2.24) is 14.5 Å². The Bertz CT molecular complexity index is 567. The molecule has 108 valence electrons. The monoisotopic (exact) mass is 272 g/mol. The molecule has 0 aliphatic carbocycles. The molecule has 4 nitrogen and oxygen atoms in total. The Hall–Kier alpha value is -1.55. The molecule has 4 heteroatoms. The second kappa shape index (κ2) is 5.83. The second-order valence-corrected chi connectivity index (χ2v) is 5.47. The lowest BCUT2D eigenvalue weighted by Crippen LogP contribution is -2.47. The minimum atomic E-state index is 1.05. The van der Waals surface area contributed by atoms with Crippen LogP contribution in [-0.2, 0) is 6.54 Å². The number of anilines is 1. The molecule has 2 aromatic rings. The Morgan fingerprint density at radius 2 is 1.80 bits per heavy atom. The first-order chi connectivity index (χ1) is 9.83. The molecule has 0 spiro atoms. The van der Waals surface area contributed by atoms with Gasteiger partial charge >= 0.3 is 0 Å². The van der Waals surface area contributed by atoms with Crippen molar-refractivity contribution in [3.05, 3.63) is 24.3 Å². The number of hydrogen-bond acceptors (Lipinski definition) is 3. The zero-order valence-electron chi connectivity index (χ0n) is 12.5. The number of benzene rings is 1. The van der Waals surface area contributed by atoms with Crippen LogP contribution in [-0.4, -0.2) is 47.2 Å². The number of aryl methyl sites for hydroxylation is 1. The van der Waals surface area contributed by atoms with E-state index >= 15 is 0 Å². The number of piperazine rings is 1. The highest BCUT2D eigenvalue weighted by Crippen LogP contribution is 2.23. The summed E-state index contributed by atoms with van der Waals surface area (Å²) >= 11 is 0. The van der Waals surface area contributed by atoms with E-state index in [0.29, 0.717) is 0 Å². The fraction of sp³-hybridized carbons (Fsp3) is 0.562. The third-order valence-electron chi connectivity index (χ3n) is 4.18. The van der Waals surface area contributed by atoms with Crippen LogP contribution in [0.5, 0.6) is 0 Å². The van der Waals surface area contributed by atoms with Crippen LogP contribution in [0.3, 0.4) is 0 Å². The van der Waals surface area contributed by atoms with Gasteiger partial charge in [0.2, 0.25) is 5.95 Å². The van der Waals surface area contributed by atoms with Crippen LogP contribution in [0.2, 0.25) is 0 Å². The van der Waals surface area contributed by atoms with E-state index in [2.05, 4.69) is 52.5 Å². The summed E-state index contributed by atoms with van der Waals surface area (Å²) in [6.07, 6.45) is 1.14. The van der Waals surface area contributed by atoms with Crippen LogP contribution in [0.25, 0.3) is 11.0 Å². The smallest absolute Gasteiger partial charge is 0.206 e. The van der Waals surface area contributed by atoms with Crippen molar-refractivity contribution in [3.63, 3.8) is 0 Å². The molecular weight excluding hydrogens is 248 g/mol. The highest BCUT2D eigenvalue weighted by atomic mass is 15.4. The molecule has 1 aromatic carbocycles. The maximum Gasteiger partial charge on any atom is 0.206 e. The van der Waals surface area contributed by atoms with Crippen LogP contribution in [0.4, 0.5) is 5.95 Å². The third kappa shape index (κ3) is 2.40. The summed E-state index contributed by atoms with van der Waals surface area (Å²) in [5, 5.41) is 0. The highest BCUT2D eigenvalue weighted by molar-refractivity contribution is 5.78. The zero-order chi connectivity index (χ0) is 13.9. The van der Waals surface area contributed by atoms with Crippen molar-refractivity contribution < 1.29 is 0 Å². The summed E-state index contributed by atoms with van der Waals surface area (Å²) in [7, 11) is 0. The van der Waals surface area contributed by atoms with E-state index in [0.717, 1.165) is 57.2 Å². The Kier molecular flexibility index (Phi) is 3.92. The summed E-state index contributed by atoms with van der Waals surface area (Å²) in [5.74, 6) is 1.16. The second-order valence-electron chi connectivity index (χ2n) is 5.47. The van der Waals surface area contributed by atoms with Crippen molar-refractivity contribution in [2.45, 2.75) is 26.8 Å². The van der Waals surface area contributed by atoms with Gasteiger partial charge in [-0.05, 0) is 25.1 Å². The predicted molar refractivity (Wildman–Crippen MR) is 84.4 cm³/mol. The van der Waals surface area contributed by atoms with Gasteiger partial charge < -0.3 is 14.4 Å². The van der Waals surface area contributed by atoms with E-state index in [9.17, 15) is 0 Å². The van der Waals surface area contributed by atoms with Crippen molar-refractivity contribution in [2.75, 3.05) is 37.6 Å². The topological polar surface area (TPSA) is 24.3 Å². The number of rotatable bonds is 4. The average molecular weight is 272 g/mol. The Labute approximate surface area is 121 Å². The normalized spacial score (nSPS) is 17.0. The van der Waals surface area contributed by atoms with Gasteiger partial charge in [-0.1, -0.05) is 26.0 Å². The maximum atomic E-state index is 4.88. The molecule has 0 atom stereocenters. The van der Waals surface area contributed by atoms with E-state index in [1.807, 2.05) is 0 Å². The predicted octanol–water partition coefficient (Wildman–Crippen LogP) is 2.59. The molecule has 1 aliphatic heterocycles. The van der Waals surface area contributed by atoms with Crippen molar-refractivity contribution in [2.24, 2.45) is 0 Å². The molecule has 0 bridgehead atoms. The molecule has 1 aromatic heterocycles. The summed E-state index contributed by atoms with van der Waals surface area (Å²) in [6, 6.07) is 8.48. The first-order valence-corrected chi connectivity index (χ1v) is 7.76. The first kappa shape index (κ1) is 13.4. The fourth-order valence-corrected chi connectivity index (χ4v) is 3.01. The molecule has 1 aliphatic rings. The molecule has 0 N–H and O–H groups in total. The quantitative estimate of drug-likeness (QED) is 0.855. The molecule has 2 heterocycles. The summed E-state index contributed by atoms with van der Waals surface area (Å²) < 4.78 is 2.39. The lowest BCUT2D eigenvalue weighted by Gasteiger charge is -2.34. The van der Waals surface area contributed by atoms with Crippen LogP contribution in [0.1, 0.15) is 20.3 Å². The SMILES string of the molecule is CCCn1c(N2CCN(CC)CC2)nc2ccccc21. The van der Waals surface area contributed by atoms with Crippen molar-refractivity contribution in [3.8, 4) is 0 Å². The third-order valence-corrected chi connectivity index (χ3v) is 4.18. The van der Waals surface area contributed by atoms with Gasteiger partial charge in [0.05, 0.1) is 11.0 Å². The van der Waals surface area contributed by atoms with Gasteiger partial charge in [0.25, 0.3) is 0 Å². The largest absolute Gasteiger partial charge is 0.340 e. The van der Waals surface area contributed by atoms with E-state index in [1.165, 1.54) is 5.52 Å². The number of fused-ring (bicyclic) bond motifs is 1. The minimum Gasteiger partial charge on any atom is -0.340 e. The molecular formula is C16H24N4. The molecule has 0 amide bonds. The molecule has 0 radical (unpaired) electrons. The number of likely N-dealkylation sites (N-methyl/N-ethyl adjacent to an activating group) is 1. The minimum absolute atomic E-state index is 1.05. The molecule has 1 fully saturated rings. The molecule has 0 saturated carbocycles. The Morgan fingerprint density at radius 3 is 2.50 bits per heavy atom. The summed E-state index contributed by atoms with van der Waals surface area (Å²) in [5.41, 5.74) is 2.39. The number of nitrogens with zero attached hydrogens (tertiary/aromatic N) is 4. The van der Waals surface area contributed by atoms with E-state index < -0.39 is 0 Å². The van der Waals surface area contributed by atoms with Gasteiger partial charge in [-0.2, -0.15) is 0 Å². The average Bonchev–Trinajstić information content (AvgIpc) is 2.87. The van der Waals surface area contributed by atoms with E-state index in [-0.39, 0.29) is 0 Å². The van der Waals surface area contributed by atoms with Gasteiger partial charge in [-0.15, -0.1) is 0 Å². The lowest BCUT2D eigenvalue weighted by atomic mass is 10.3. The van der Waals surface area contributed by atoms with Crippen LogP contribution in [0, 0.1) is 0 Å². The van der Waals surface area contributed by atoms with Gasteiger partial charge in [0.1, 0.15) is 0 Å². The zero-order valence-corrected chi connectivity index (χ0v) is 12.5. The Morgan fingerprint density at radius 1 is 1.05 bits per heavy atom. The summed E-state index contributed by atoms with van der Waals surface area (Å²) in [4.78, 5) is 9.83. The standard InChI is InChI=1S/C16H24N4/c1-3-9-20-15-8-6-5-7-14(15)17-16(20)19-12-10-18(4-2)11-13-19/h5-8H,3-4,9-13H2,1-2H3. The van der Waals surface area contributed by atoms with Gasteiger partial charge in [0.15, 0.2) is 0 Å². The van der Waals surface area contributed by atoms with Gasteiger partial charge in [-0.3, -0.25) is 0 Å². The van der Waals surface area contributed by atoms with Crippen molar-refractivity contribution in [1.29, 1.82) is 0 Å². The van der Waals surface area contributed by atoms with Crippen molar-refractivity contribution >= 4 is 17.0 Å². The maximum absolute atomic E-state index is 4.88. The lowest BCUT2D eigenvalue weighted by molar-refractivity contribution is 0.269. The molecule has 20 heavy (non-hydrogen) atoms.